The fourth-order valence-corrected chi connectivity index (χ4v) is 2.77. The van der Waals surface area contributed by atoms with Crippen LogP contribution in [0.25, 0.3) is 0 Å². The third kappa shape index (κ3) is 5.01. The molecule has 1 atom stereocenters. The topological polar surface area (TPSA) is 97.1 Å². The van der Waals surface area contributed by atoms with Crippen molar-refractivity contribution < 1.29 is 14.7 Å². The van der Waals surface area contributed by atoms with E-state index in [-0.39, 0.29) is 12.3 Å². The van der Waals surface area contributed by atoms with Gasteiger partial charge in [0.25, 0.3) is 0 Å². The Bertz CT molecular complexity index is 894. The van der Waals surface area contributed by atoms with Gasteiger partial charge in [-0.3, -0.25) is 4.79 Å². The highest BCUT2D eigenvalue weighted by atomic mass is 16.4. The smallest absolute Gasteiger partial charge is 0.330 e. The van der Waals surface area contributed by atoms with Crippen LogP contribution >= 0.6 is 0 Å². The van der Waals surface area contributed by atoms with E-state index >= 15 is 0 Å². The number of carbonyl (C=O) groups excluding carboxylic acids is 1. The number of carboxylic acid groups (broad SMARTS) is 1. The molecule has 0 aliphatic heterocycles. The van der Waals surface area contributed by atoms with Gasteiger partial charge >= 0.3 is 5.97 Å². The van der Waals surface area contributed by atoms with Crippen molar-refractivity contribution in [1.29, 1.82) is 0 Å². The first-order valence-electron chi connectivity index (χ1n) is 8.62. The van der Waals surface area contributed by atoms with E-state index in [1.54, 1.807) is 41.2 Å². The molecule has 7 nitrogen and oxygen atoms in total. The van der Waals surface area contributed by atoms with Crippen LogP contribution in [0.5, 0.6) is 0 Å². The number of nitrogens with zero attached hydrogens (tertiary/aromatic N) is 3. The van der Waals surface area contributed by atoms with Crippen molar-refractivity contribution in [2.75, 3.05) is 0 Å². The predicted octanol–water partition coefficient (Wildman–Crippen LogP) is 2.20. The molecule has 2 N–H and O–H groups in total. The summed E-state index contributed by atoms with van der Waals surface area (Å²) in [6.45, 7) is 0.569. The fraction of sp³-hybridized carbons (Fsp3) is 0.200. The molecule has 27 heavy (non-hydrogen) atoms. The summed E-state index contributed by atoms with van der Waals surface area (Å²) in [7, 11) is 0. The predicted molar refractivity (Wildman–Crippen MR) is 98.8 cm³/mol. The molecule has 138 valence electrons. The number of nitrogens with one attached hydrogen (secondary N) is 1. The summed E-state index contributed by atoms with van der Waals surface area (Å²) < 4.78 is 1.74. The van der Waals surface area contributed by atoms with E-state index in [4.69, 9.17) is 0 Å². The summed E-state index contributed by atoms with van der Waals surface area (Å²) in [4.78, 5) is 23.8. The van der Waals surface area contributed by atoms with Crippen molar-refractivity contribution >= 4 is 11.9 Å². The zero-order valence-corrected chi connectivity index (χ0v) is 14.7. The van der Waals surface area contributed by atoms with Crippen LogP contribution in [0.3, 0.4) is 0 Å². The number of carboxylic acids is 1. The van der Waals surface area contributed by atoms with Crippen LogP contribution in [0.1, 0.15) is 29.3 Å². The number of hydrogen-bond donors (Lipinski definition) is 2. The Balaban J connectivity index is 1.59. The number of amides is 1. The lowest BCUT2D eigenvalue weighted by molar-refractivity contribution is -0.142. The lowest BCUT2D eigenvalue weighted by atomic mass is 10.1. The standard InChI is InChI=1S/C20H20N4O3/c25-18(22-19(20(26)27)16-9-5-2-6-10-16)12-11-17-13-21-23-24(17)14-15-7-3-1-4-8-15/h1-10,13,19H,11-12,14H2,(H,22,25)(H,26,27)/t19-/m1/s1. The molecule has 0 radical (unpaired) electrons. The number of aryl methyl sites for hydroxylation is 1. The quantitative estimate of drug-likeness (QED) is 0.639. The molecular formula is C20H20N4O3. The van der Waals surface area contributed by atoms with Gasteiger partial charge in [-0.1, -0.05) is 65.9 Å². The molecule has 0 saturated carbocycles. The Morgan fingerprint density at radius 1 is 1.04 bits per heavy atom. The molecule has 2 aromatic carbocycles. The number of benzene rings is 2. The summed E-state index contributed by atoms with van der Waals surface area (Å²) >= 11 is 0. The van der Waals surface area contributed by atoms with E-state index < -0.39 is 12.0 Å². The largest absolute Gasteiger partial charge is 0.479 e. The lowest BCUT2D eigenvalue weighted by Gasteiger charge is -2.15. The average Bonchev–Trinajstić information content (AvgIpc) is 3.12. The van der Waals surface area contributed by atoms with Crippen LogP contribution in [-0.2, 0) is 22.6 Å². The summed E-state index contributed by atoms with van der Waals surface area (Å²) in [6, 6.07) is 17.4. The first kappa shape index (κ1) is 18.3. The Morgan fingerprint density at radius 3 is 2.37 bits per heavy atom. The summed E-state index contributed by atoms with van der Waals surface area (Å²) in [5, 5.41) is 20.0. The Hall–Kier alpha value is -3.48. The molecule has 1 heterocycles. The van der Waals surface area contributed by atoms with Crippen LogP contribution in [0.2, 0.25) is 0 Å². The Kier molecular flexibility index (Phi) is 5.94. The van der Waals surface area contributed by atoms with Crippen molar-refractivity contribution in [3.63, 3.8) is 0 Å². The summed E-state index contributed by atoms with van der Waals surface area (Å²) in [5.74, 6) is -1.43. The van der Waals surface area contributed by atoms with Crippen LogP contribution < -0.4 is 5.32 Å². The van der Waals surface area contributed by atoms with E-state index in [0.29, 0.717) is 18.5 Å². The molecule has 1 aromatic heterocycles. The van der Waals surface area contributed by atoms with E-state index in [1.165, 1.54) is 0 Å². The minimum absolute atomic E-state index is 0.152. The zero-order chi connectivity index (χ0) is 19.1. The molecule has 0 aliphatic rings. The molecule has 0 fully saturated rings. The average molecular weight is 364 g/mol. The number of hydrogen-bond acceptors (Lipinski definition) is 4. The van der Waals surface area contributed by atoms with Gasteiger partial charge in [0.05, 0.1) is 18.4 Å². The maximum atomic E-state index is 12.3. The molecule has 0 spiro atoms. The minimum atomic E-state index is -1.09. The number of rotatable bonds is 8. The molecule has 0 saturated heterocycles. The van der Waals surface area contributed by atoms with Gasteiger partial charge in [0.2, 0.25) is 5.91 Å². The molecule has 0 unspecified atom stereocenters. The number of aliphatic carboxylic acids is 1. The second-order valence-electron chi connectivity index (χ2n) is 6.12. The van der Waals surface area contributed by atoms with Crippen molar-refractivity contribution in [3.8, 4) is 0 Å². The summed E-state index contributed by atoms with van der Waals surface area (Å²) in [6.07, 6.45) is 2.20. The third-order valence-corrected chi connectivity index (χ3v) is 4.17. The second-order valence-corrected chi connectivity index (χ2v) is 6.12. The van der Waals surface area contributed by atoms with Crippen LogP contribution in [0.15, 0.2) is 66.9 Å². The van der Waals surface area contributed by atoms with Crippen molar-refractivity contribution in [2.45, 2.75) is 25.4 Å². The van der Waals surface area contributed by atoms with Gasteiger partial charge in [0, 0.05) is 6.42 Å². The first-order valence-corrected chi connectivity index (χ1v) is 8.62. The minimum Gasteiger partial charge on any atom is -0.479 e. The van der Waals surface area contributed by atoms with Gasteiger partial charge in [0.1, 0.15) is 0 Å². The van der Waals surface area contributed by atoms with E-state index in [2.05, 4.69) is 15.6 Å². The van der Waals surface area contributed by atoms with Crippen molar-refractivity contribution in [1.82, 2.24) is 20.3 Å². The SMILES string of the molecule is O=C(CCc1cnnn1Cc1ccccc1)N[C@@H](C(=O)O)c1ccccc1. The highest BCUT2D eigenvalue weighted by Crippen LogP contribution is 2.13. The van der Waals surface area contributed by atoms with Gasteiger partial charge in [-0.05, 0) is 17.5 Å². The van der Waals surface area contributed by atoms with E-state index in [1.807, 2.05) is 30.3 Å². The number of carbonyl (C=O) groups is 2. The highest BCUT2D eigenvalue weighted by Gasteiger charge is 2.21. The number of aromatic nitrogens is 3. The van der Waals surface area contributed by atoms with Crippen LogP contribution in [0.4, 0.5) is 0 Å². The normalized spacial score (nSPS) is 11.7. The fourth-order valence-electron chi connectivity index (χ4n) is 2.77. The zero-order valence-electron chi connectivity index (χ0n) is 14.7. The maximum absolute atomic E-state index is 12.3. The lowest BCUT2D eigenvalue weighted by Crippen LogP contribution is -2.33. The molecule has 0 aliphatic carbocycles. The van der Waals surface area contributed by atoms with Gasteiger partial charge in [0.15, 0.2) is 6.04 Å². The van der Waals surface area contributed by atoms with Gasteiger partial charge < -0.3 is 10.4 Å². The third-order valence-electron chi connectivity index (χ3n) is 4.17. The maximum Gasteiger partial charge on any atom is 0.330 e. The van der Waals surface area contributed by atoms with Crippen LogP contribution in [0, 0.1) is 0 Å². The first-order chi connectivity index (χ1) is 13.1. The molecule has 1 amide bonds. The van der Waals surface area contributed by atoms with Crippen LogP contribution in [-0.4, -0.2) is 32.0 Å². The van der Waals surface area contributed by atoms with Crippen molar-refractivity contribution in [3.05, 3.63) is 83.7 Å². The van der Waals surface area contributed by atoms with Gasteiger partial charge in [-0.25, -0.2) is 9.48 Å². The monoisotopic (exact) mass is 364 g/mol. The summed E-state index contributed by atoms with van der Waals surface area (Å²) in [5.41, 5.74) is 2.44. The second kappa shape index (κ2) is 8.75. The van der Waals surface area contributed by atoms with E-state index in [0.717, 1.165) is 11.3 Å². The molecule has 7 heteroatoms. The Labute approximate surface area is 156 Å². The molecule has 0 bridgehead atoms. The van der Waals surface area contributed by atoms with E-state index in [9.17, 15) is 14.7 Å². The molecular weight excluding hydrogens is 344 g/mol. The van der Waals surface area contributed by atoms with Gasteiger partial charge in [-0.15, -0.1) is 5.10 Å². The van der Waals surface area contributed by atoms with Gasteiger partial charge in [-0.2, -0.15) is 0 Å². The van der Waals surface area contributed by atoms with Crippen molar-refractivity contribution in [2.24, 2.45) is 0 Å². The molecule has 3 rings (SSSR count). The molecule has 3 aromatic rings. The highest BCUT2D eigenvalue weighted by molar-refractivity contribution is 5.84. The Morgan fingerprint density at radius 2 is 1.70 bits per heavy atom.